The first-order valence-corrected chi connectivity index (χ1v) is 6.50. The Kier molecular flexibility index (Phi) is 4.42. The second-order valence-electron chi connectivity index (χ2n) is 4.87. The van der Waals surface area contributed by atoms with Gasteiger partial charge in [-0.25, -0.2) is 0 Å². The fraction of sp³-hybridized carbons (Fsp3) is 0.312. The van der Waals surface area contributed by atoms with Gasteiger partial charge in [-0.1, -0.05) is 42.5 Å². The van der Waals surface area contributed by atoms with Gasteiger partial charge in [-0.05, 0) is 22.8 Å². The Labute approximate surface area is 115 Å². The van der Waals surface area contributed by atoms with E-state index in [9.17, 15) is 18.0 Å². The minimum Gasteiger partial charge on any atom is -0.299 e. The Morgan fingerprint density at radius 3 is 2.40 bits per heavy atom. The average molecular weight is 280 g/mol. The molecule has 0 aliphatic rings. The lowest BCUT2D eigenvalue weighted by Gasteiger charge is -2.06. The van der Waals surface area contributed by atoms with E-state index in [1.807, 2.05) is 42.5 Å². The topological polar surface area (TPSA) is 17.1 Å². The standard InChI is InChI=1S/C16H15F3O/c17-16(18,19)9-3-6-15(20)11-12-7-8-13-4-1-2-5-14(13)10-12/h1-2,4-5,7-8,10H,3,6,9,11H2. The minimum atomic E-state index is -4.18. The number of hydrogen-bond acceptors (Lipinski definition) is 1. The van der Waals surface area contributed by atoms with Crippen LogP contribution >= 0.6 is 0 Å². The molecule has 2 aromatic rings. The molecule has 2 aromatic carbocycles. The van der Waals surface area contributed by atoms with Gasteiger partial charge in [0.15, 0.2) is 0 Å². The van der Waals surface area contributed by atoms with Crippen LogP contribution in [0.25, 0.3) is 10.8 Å². The molecule has 0 unspecified atom stereocenters. The van der Waals surface area contributed by atoms with Crippen LogP contribution < -0.4 is 0 Å². The Bertz CT molecular complexity index is 602. The maximum atomic E-state index is 12.0. The van der Waals surface area contributed by atoms with Crippen molar-refractivity contribution >= 4 is 16.6 Å². The van der Waals surface area contributed by atoms with E-state index in [0.29, 0.717) is 0 Å². The van der Waals surface area contributed by atoms with Crippen LogP contribution in [0, 0.1) is 0 Å². The molecule has 0 atom stereocenters. The summed E-state index contributed by atoms with van der Waals surface area (Å²) in [6, 6.07) is 13.5. The van der Waals surface area contributed by atoms with E-state index in [2.05, 4.69) is 0 Å². The summed E-state index contributed by atoms with van der Waals surface area (Å²) < 4.78 is 36.0. The fourth-order valence-corrected chi connectivity index (χ4v) is 2.15. The van der Waals surface area contributed by atoms with E-state index in [0.717, 1.165) is 16.3 Å². The molecular weight excluding hydrogens is 265 g/mol. The molecule has 0 saturated carbocycles. The van der Waals surface area contributed by atoms with Crippen molar-refractivity contribution in [1.29, 1.82) is 0 Å². The predicted octanol–water partition coefficient (Wildman–Crippen LogP) is 4.68. The highest BCUT2D eigenvalue weighted by Crippen LogP contribution is 2.22. The molecule has 20 heavy (non-hydrogen) atoms. The zero-order chi connectivity index (χ0) is 14.6. The lowest BCUT2D eigenvalue weighted by molar-refractivity contribution is -0.137. The first-order valence-electron chi connectivity index (χ1n) is 6.50. The van der Waals surface area contributed by atoms with E-state index in [1.54, 1.807) is 0 Å². The van der Waals surface area contributed by atoms with Crippen LogP contribution in [-0.2, 0) is 11.2 Å². The first kappa shape index (κ1) is 14.6. The Morgan fingerprint density at radius 2 is 1.70 bits per heavy atom. The van der Waals surface area contributed by atoms with Gasteiger partial charge in [-0.15, -0.1) is 0 Å². The highest BCUT2D eigenvalue weighted by atomic mass is 19.4. The van der Waals surface area contributed by atoms with E-state index < -0.39 is 12.6 Å². The number of alkyl halides is 3. The number of hydrogen-bond donors (Lipinski definition) is 0. The van der Waals surface area contributed by atoms with Crippen LogP contribution in [0.1, 0.15) is 24.8 Å². The molecule has 0 saturated heterocycles. The van der Waals surface area contributed by atoms with Crippen molar-refractivity contribution in [2.75, 3.05) is 0 Å². The highest BCUT2D eigenvalue weighted by Gasteiger charge is 2.26. The van der Waals surface area contributed by atoms with Crippen molar-refractivity contribution in [2.45, 2.75) is 31.9 Å². The molecule has 0 radical (unpaired) electrons. The van der Waals surface area contributed by atoms with Gasteiger partial charge in [0.1, 0.15) is 5.78 Å². The highest BCUT2D eigenvalue weighted by molar-refractivity contribution is 5.86. The van der Waals surface area contributed by atoms with Crippen molar-refractivity contribution in [3.8, 4) is 0 Å². The van der Waals surface area contributed by atoms with Crippen molar-refractivity contribution in [3.05, 3.63) is 48.0 Å². The lowest BCUT2D eigenvalue weighted by atomic mass is 10.0. The van der Waals surface area contributed by atoms with E-state index in [1.165, 1.54) is 0 Å². The molecule has 0 fully saturated rings. The maximum absolute atomic E-state index is 12.0. The Hall–Kier alpha value is -1.84. The van der Waals surface area contributed by atoms with Crippen LogP contribution in [0.5, 0.6) is 0 Å². The van der Waals surface area contributed by atoms with Crippen molar-refractivity contribution < 1.29 is 18.0 Å². The van der Waals surface area contributed by atoms with Crippen LogP contribution in [0.2, 0.25) is 0 Å². The number of Topliss-reactive ketones (excluding diaryl/α,β-unsaturated/α-hetero) is 1. The molecule has 0 spiro atoms. The van der Waals surface area contributed by atoms with Gasteiger partial charge in [0, 0.05) is 19.3 Å². The van der Waals surface area contributed by atoms with Crippen LogP contribution in [0.4, 0.5) is 13.2 Å². The van der Waals surface area contributed by atoms with E-state index >= 15 is 0 Å². The fourth-order valence-electron chi connectivity index (χ4n) is 2.15. The van der Waals surface area contributed by atoms with Gasteiger partial charge >= 0.3 is 6.18 Å². The van der Waals surface area contributed by atoms with Crippen molar-refractivity contribution in [1.82, 2.24) is 0 Å². The lowest BCUT2D eigenvalue weighted by Crippen LogP contribution is -2.09. The van der Waals surface area contributed by atoms with Gasteiger partial charge in [0.25, 0.3) is 0 Å². The SMILES string of the molecule is O=C(CCCC(F)(F)F)Cc1ccc2ccccc2c1. The van der Waals surface area contributed by atoms with Crippen molar-refractivity contribution in [2.24, 2.45) is 0 Å². The third-order valence-corrected chi connectivity index (χ3v) is 3.13. The molecule has 0 amide bonds. The number of carbonyl (C=O) groups excluding carboxylic acids is 1. The number of ketones is 1. The summed E-state index contributed by atoms with van der Waals surface area (Å²) in [6.45, 7) is 0. The van der Waals surface area contributed by atoms with E-state index in [-0.39, 0.29) is 25.0 Å². The van der Waals surface area contributed by atoms with Crippen molar-refractivity contribution in [3.63, 3.8) is 0 Å². The normalized spacial score (nSPS) is 11.8. The maximum Gasteiger partial charge on any atom is 0.389 e. The van der Waals surface area contributed by atoms with Gasteiger partial charge < -0.3 is 0 Å². The summed E-state index contributed by atoms with van der Waals surface area (Å²) in [5.41, 5.74) is 0.848. The summed E-state index contributed by atoms with van der Waals surface area (Å²) in [7, 11) is 0. The molecule has 0 aromatic heterocycles. The molecule has 1 nitrogen and oxygen atoms in total. The quantitative estimate of drug-likeness (QED) is 0.777. The summed E-state index contributed by atoms with van der Waals surface area (Å²) in [5.74, 6) is -0.149. The van der Waals surface area contributed by atoms with Gasteiger partial charge in [0.05, 0.1) is 0 Å². The zero-order valence-electron chi connectivity index (χ0n) is 10.9. The van der Waals surface area contributed by atoms with Crippen LogP contribution in [0.15, 0.2) is 42.5 Å². The molecule has 0 heterocycles. The predicted molar refractivity (Wildman–Crippen MR) is 72.6 cm³/mol. The summed E-state index contributed by atoms with van der Waals surface area (Å²) in [4.78, 5) is 11.7. The minimum absolute atomic E-state index is 0.0215. The molecule has 4 heteroatoms. The zero-order valence-corrected chi connectivity index (χ0v) is 10.9. The number of rotatable bonds is 5. The summed E-state index contributed by atoms with van der Waals surface area (Å²) >= 11 is 0. The second kappa shape index (κ2) is 6.07. The molecule has 0 bridgehead atoms. The number of fused-ring (bicyclic) bond motifs is 1. The van der Waals surface area contributed by atoms with Gasteiger partial charge in [-0.2, -0.15) is 13.2 Å². The largest absolute Gasteiger partial charge is 0.389 e. The summed E-state index contributed by atoms with van der Waals surface area (Å²) in [5, 5.41) is 2.12. The molecule has 106 valence electrons. The molecule has 0 aliphatic carbocycles. The van der Waals surface area contributed by atoms with E-state index in [4.69, 9.17) is 0 Å². The smallest absolute Gasteiger partial charge is 0.299 e. The Morgan fingerprint density at radius 1 is 1.00 bits per heavy atom. The number of carbonyl (C=O) groups is 1. The van der Waals surface area contributed by atoms with Gasteiger partial charge in [-0.3, -0.25) is 4.79 Å². The van der Waals surface area contributed by atoms with Gasteiger partial charge in [0.2, 0.25) is 0 Å². The number of benzene rings is 2. The third kappa shape index (κ3) is 4.37. The molecule has 2 rings (SSSR count). The monoisotopic (exact) mass is 280 g/mol. The summed E-state index contributed by atoms with van der Waals surface area (Å²) in [6.07, 6.45) is -5.02. The molecule has 0 N–H and O–H groups in total. The number of halogens is 3. The second-order valence-corrected chi connectivity index (χ2v) is 4.87. The Balaban J connectivity index is 1.92. The van der Waals surface area contributed by atoms with Crippen LogP contribution in [-0.4, -0.2) is 12.0 Å². The molecule has 0 aliphatic heterocycles. The first-order chi connectivity index (χ1) is 9.44. The molecular formula is C16H15F3O. The third-order valence-electron chi connectivity index (χ3n) is 3.13. The van der Waals surface area contributed by atoms with Crippen LogP contribution in [0.3, 0.4) is 0 Å². The average Bonchev–Trinajstić information content (AvgIpc) is 2.37.